The molecule has 1 N–H and O–H groups in total. The Morgan fingerprint density at radius 3 is 2.29 bits per heavy atom. The molecule has 0 unspecified atom stereocenters. The van der Waals surface area contributed by atoms with Crippen LogP contribution in [0.5, 0.6) is 0 Å². The van der Waals surface area contributed by atoms with E-state index in [4.69, 9.17) is 0 Å². The Kier molecular flexibility index (Phi) is 4.64. The molecule has 6 rings (SSSR count). The van der Waals surface area contributed by atoms with Crippen molar-refractivity contribution < 1.29 is 9.59 Å². The first-order valence-electron chi connectivity index (χ1n) is 11.1. The molecule has 4 saturated carbocycles. The number of hydrogen-bond acceptors (Lipinski definition) is 3. The second-order valence-electron chi connectivity index (χ2n) is 9.84. The van der Waals surface area contributed by atoms with Gasteiger partial charge in [-0.1, -0.05) is 6.07 Å². The van der Waals surface area contributed by atoms with Crippen LogP contribution in [0.25, 0.3) is 0 Å². The van der Waals surface area contributed by atoms with Gasteiger partial charge in [-0.3, -0.25) is 14.6 Å². The van der Waals surface area contributed by atoms with Crippen molar-refractivity contribution in [3.63, 3.8) is 0 Å². The molecule has 5 nitrogen and oxygen atoms in total. The van der Waals surface area contributed by atoms with Crippen molar-refractivity contribution in [1.29, 1.82) is 0 Å². The molecule has 4 bridgehead atoms. The topological polar surface area (TPSA) is 62.3 Å². The number of aromatic nitrogens is 1. The zero-order valence-electron chi connectivity index (χ0n) is 16.6. The molecule has 1 saturated heterocycles. The molecule has 2 heterocycles. The third-order valence-electron chi connectivity index (χ3n) is 7.83. The number of nitrogens with one attached hydrogen (secondary N) is 1. The van der Waals surface area contributed by atoms with Crippen LogP contribution in [-0.4, -0.2) is 34.8 Å². The number of carbonyl (C=O) groups is 2. The van der Waals surface area contributed by atoms with Gasteiger partial charge in [-0.25, -0.2) is 0 Å². The number of hydrogen-bond donors (Lipinski definition) is 1. The lowest BCUT2D eigenvalue weighted by Crippen LogP contribution is -2.56. The summed E-state index contributed by atoms with van der Waals surface area (Å²) in [6.45, 7) is 2.01. The first kappa shape index (κ1) is 18.1. The summed E-state index contributed by atoms with van der Waals surface area (Å²) in [7, 11) is 0. The lowest BCUT2D eigenvalue weighted by molar-refractivity contribution is -0.159. The number of likely N-dealkylation sites (tertiary alicyclic amines) is 1. The molecule has 0 radical (unpaired) electrons. The summed E-state index contributed by atoms with van der Waals surface area (Å²) < 4.78 is 0. The fraction of sp³-hybridized carbons (Fsp3) is 0.696. The van der Waals surface area contributed by atoms with Crippen LogP contribution >= 0.6 is 0 Å². The molecule has 5 heteroatoms. The quantitative estimate of drug-likeness (QED) is 0.871. The molecule has 28 heavy (non-hydrogen) atoms. The fourth-order valence-electron chi connectivity index (χ4n) is 6.89. The van der Waals surface area contributed by atoms with E-state index in [1.165, 1.54) is 19.3 Å². The van der Waals surface area contributed by atoms with E-state index in [-0.39, 0.29) is 17.2 Å². The van der Waals surface area contributed by atoms with Gasteiger partial charge in [0.05, 0.1) is 5.41 Å². The van der Waals surface area contributed by atoms with Crippen LogP contribution in [0.4, 0.5) is 0 Å². The van der Waals surface area contributed by atoms with E-state index in [2.05, 4.69) is 15.2 Å². The number of piperidine rings is 1. The normalized spacial score (nSPS) is 34.4. The van der Waals surface area contributed by atoms with Crippen LogP contribution in [0.15, 0.2) is 24.5 Å². The van der Waals surface area contributed by atoms with Crippen molar-refractivity contribution in [1.82, 2.24) is 15.2 Å². The molecule has 150 valence electrons. The average molecular weight is 382 g/mol. The minimum Gasteiger partial charge on any atom is -0.352 e. The summed E-state index contributed by atoms with van der Waals surface area (Å²) in [5.74, 6) is 2.95. The van der Waals surface area contributed by atoms with Crippen LogP contribution in [-0.2, 0) is 16.1 Å². The number of nitrogens with zero attached hydrogens (tertiary/aromatic N) is 2. The third kappa shape index (κ3) is 3.33. The zero-order valence-corrected chi connectivity index (χ0v) is 16.6. The van der Waals surface area contributed by atoms with E-state index in [1.54, 1.807) is 12.4 Å². The van der Waals surface area contributed by atoms with Gasteiger partial charge in [-0.15, -0.1) is 0 Å². The number of pyridine rings is 1. The standard InChI is InChI=1S/C23H31N3O2/c27-21(25-15-16-2-1-5-24-14-16)20-3-6-26(7-4-20)22(28)23-11-17-8-18(12-23)10-19(9-17)13-23/h1-2,5,14,17-20H,3-4,6-13,15H2,(H,25,27). The van der Waals surface area contributed by atoms with Crippen molar-refractivity contribution >= 4 is 11.8 Å². The third-order valence-corrected chi connectivity index (χ3v) is 7.83. The van der Waals surface area contributed by atoms with Gasteiger partial charge < -0.3 is 10.2 Å². The molecule has 5 fully saturated rings. The van der Waals surface area contributed by atoms with Gasteiger partial charge in [-0.05, 0) is 80.8 Å². The molecule has 2 amide bonds. The SMILES string of the molecule is O=C(NCc1cccnc1)C1CCN(C(=O)C23CC4CC(CC(C4)C2)C3)CC1. The molecular weight excluding hydrogens is 350 g/mol. The minimum absolute atomic E-state index is 0.0251. The van der Waals surface area contributed by atoms with E-state index in [0.717, 1.165) is 68.5 Å². The molecule has 0 spiro atoms. The second kappa shape index (κ2) is 7.16. The summed E-state index contributed by atoms with van der Waals surface area (Å²) in [6, 6.07) is 3.86. The highest BCUT2D eigenvalue weighted by atomic mass is 16.2. The molecule has 1 aliphatic heterocycles. The van der Waals surface area contributed by atoms with E-state index < -0.39 is 0 Å². The van der Waals surface area contributed by atoms with Crippen LogP contribution in [0.1, 0.15) is 56.9 Å². The molecule has 0 atom stereocenters. The Bertz CT molecular complexity index is 704. The highest BCUT2D eigenvalue weighted by Crippen LogP contribution is 2.60. The molecule has 1 aromatic heterocycles. The minimum atomic E-state index is -0.0514. The highest BCUT2D eigenvalue weighted by Gasteiger charge is 2.55. The maximum absolute atomic E-state index is 13.5. The van der Waals surface area contributed by atoms with Crippen LogP contribution in [0, 0.1) is 29.1 Å². The van der Waals surface area contributed by atoms with Gasteiger partial charge in [0.1, 0.15) is 0 Å². The first-order chi connectivity index (χ1) is 13.6. The van der Waals surface area contributed by atoms with E-state index in [9.17, 15) is 9.59 Å². The van der Waals surface area contributed by atoms with Gasteiger partial charge in [0, 0.05) is 37.9 Å². The molecular formula is C23H31N3O2. The van der Waals surface area contributed by atoms with Gasteiger partial charge in [-0.2, -0.15) is 0 Å². The lowest BCUT2D eigenvalue weighted by Gasteiger charge is -2.57. The first-order valence-corrected chi connectivity index (χ1v) is 11.1. The Balaban J connectivity index is 1.15. The number of amides is 2. The smallest absolute Gasteiger partial charge is 0.228 e. The fourth-order valence-corrected chi connectivity index (χ4v) is 6.89. The molecule has 4 aliphatic carbocycles. The van der Waals surface area contributed by atoms with Gasteiger partial charge in [0.2, 0.25) is 11.8 Å². The van der Waals surface area contributed by atoms with E-state index >= 15 is 0 Å². The summed E-state index contributed by atoms with van der Waals surface area (Å²) in [5.41, 5.74) is 0.967. The maximum Gasteiger partial charge on any atom is 0.228 e. The highest BCUT2D eigenvalue weighted by molar-refractivity contribution is 5.84. The van der Waals surface area contributed by atoms with Crippen molar-refractivity contribution in [2.45, 2.75) is 57.9 Å². The Hall–Kier alpha value is -1.91. The summed E-state index contributed by atoms with van der Waals surface area (Å²) in [6.07, 6.45) is 12.6. The molecule has 5 aliphatic rings. The van der Waals surface area contributed by atoms with Crippen molar-refractivity contribution in [2.75, 3.05) is 13.1 Å². The van der Waals surface area contributed by atoms with Crippen molar-refractivity contribution in [3.8, 4) is 0 Å². The van der Waals surface area contributed by atoms with Gasteiger partial charge in [0.25, 0.3) is 0 Å². The number of carbonyl (C=O) groups excluding carboxylic acids is 2. The Morgan fingerprint density at radius 2 is 1.71 bits per heavy atom. The van der Waals surface area contributed by atoms with Crippen molar-refractivity contribution in [3.05, 3.63) is 30.1 Å². The van der Waals surface area contributed by atoms with Gasteiger partial charge in [0.15, 0.2) is 0 Å². The maximum atomic E-state index is 13.5. The lowest BCUT2D eigenvalue weighted by atomic mass is 9.49. The predicted molar refractivity (Wildman–Crippen MR) is 106 cm³/mol. The van der Waals surface area contributed by atoms with Crippen molar-refractivity contribution in [2.24, 2.45) is 29.1 Å². The summed E-state index contributed by atoms with van der Waals surface area (Å²) in [5, 5.41) is 3.04. The van der Waals surface area contributed by atoms with Gasteiger partial charge >= 0.3 is 0 Å². The van der Waals surface area contributed by atoms with E-state index in [1.807, 2.05) is 12.1 Å². The van der Waals surface area contributed by atoms with Crippen LogP contribution in [0.3, 0.4) is 0 Å². The second-order valence-corrected chi connectivity index (χ2v) is 9.84. The number of rotatable bonds is 4. The largest absolute Gasteiger partial charge is 0.352 e. The Labute approximate surface area is 167 Å². The summed E-state index contributed by atoms with van der Waals surface area (Å²) >= 11 is 0. The average Bonchev–Trinajstić information content (AvgIpc) is 2.71. The predicted octanol–water partition coefficient (Wildman–Crippen LogP) is 3.15. The summed E-state index contributed by atoms with van der Waals surface area (Å²) in [4.78, 5) is 32.2. The van der Waals surface area contributed by atoms with Crippen LogP contribution in [0.2, 0.25) is 0 Å². The molecule has 1 aromatic rings. The van der Waals surface area contributed by atoms with Crippen LogP contribution < -0.4 is 5.32 Å². The zero-order chi connectivity index (χ0) is 19.1. The monoisotopic (exact) mass is 381 g/mol. The molecule has 0 aromatic carbocycles. The Morgan fingerprint density at radius 1 is 1.07 bits per heavy atom. The van der Waals surface area contributed by atoms with E-state index in [0.29, 0.717) is 12.5 Å².